The highest BCUT2D eigenvalue weighted by atomic mass is 79.9. The fourth-order valence-corrected chi connectivity index (χ4v) is 4.35. The van der Waals surface area contributed by atoms with Gasteiger partial charge in [-0.25, -0.2) is 4.99 Å². The molecule has 124 valence electrons. The molecule has 1 heterocycles. The van der Waals surface area contributed by atoms with E-state index in [4.69, 9.17) is 15.2 Å². The standard InChI is InChI=1S/C17H17BrN4O2/c1-3-23-17(24-4-2)16(10-20)13(11-6-5-7-12(18)8-11)15(16,9-19)14(21)22-17/h5-8,13H,3-4H2,1-2H3,(H2,21,22). The van der Waals surface area contributed by atoms with Crippen molar-refractivity contribution in [3.8, 4) is 12.1 Å². The van der Waals surface area contributed by atoms with Gasteiger partial charge in [0.25, 0.3) is 5.91 Å². The molecule has 3 atom stereocenters. The lowest BCUT2D eigenvalue weighted by molar-refractivity contribution is -0.255. The Bertz CT molecular complexity index is 791. The van der Waals surface area contributed by atoms with Crippen LogP contribution in [0.3, 0.4) is 0 Å². The van der Waals surface area contributed by atoms with E-state index in [0.29, 0.717) is 0 Å². The number of hydrogen-bond donors (Lipinski definition) is 1. The van der Waals surface area contributed by atoms with Gasteiger partial charge in [0.15, 0.2) is 5.41 Å². The molecule has 1 aliphatic carbocycles. The first-order chi connectivity index (χ1) is 11.5. The van der Waals surface area contributed by atoms with E-state index >= 15 is 0 Å². The molecule has 0 aromatic heterocycles. The van der Waals surface area contributed by atoms with E-state index in [9.17, 15) is 10.5 Å². The summed E-state index contributed by atoms with van der Waals surface area (Å²) in [6.07, 6.45) is 0. The second kappa shape index (κ2) is 5.56. The molecule has 1 aliphatic heterocycles. The van der Waals surface area contributed by atoms with Gasteiger partial charge >= 0.3 is 0 Å². The van der Waals surface area contributed by atoms with Crippen molar-refractivity contribution < 1.29 is 9.47 Å². The summed E-state index contributed by atoms with van der Waals surface area (Å²) in [7, 11) is 0. The molecule has 0 spiro atoms. The second-order valence-electron chi connectivity index (χ2n) is 5.77. The average molecular weight is 389 g/mol. The van der Waals surface area contributed by atoms with E-state index in [1.165, 1.54) is 0 Å². The van der Waals surface area contributed by atoms with Crippen LogP contribution in [0.25, 0.3) is 0 Å². The Hall–Kier alpha value is -1.93. The molecule has 0 amide bonds. The van der Waals surface area contributed by atoms with Crippen molar-refractivity contribution in [1.82, 2.24) is 0 Å². The van der Waals surface area contributed by atoms with E-state index in [1.54, 1.807) is 13.8 Å². The molecule has 1 aromatic carbocycles. The highest BCUT2D eigenvalue weighted by Gasteiger charge is 2.93. The van der Waals surface area contributed by atoms with Crippen LogP contribution in [0.15, 0.2) is 33.7 Å². The molecule has 2 N–H and O–H groups in total. The van der Waals surface area contributed by atoms with Gasteiger partial charge in [-0.05, 0) is 31.5 Å². The summed E-state index contributed by atoms with van der Waals surface area (Å²) < 4.78 is 12.4. The summed E-state index contributed by atoms with van der Waals surface area (Å²) in [5.74, 6) is -1.93. The third kappa shape index (κ3) is 1.72. The van der Waals surface area contributed by atoms with Gasteiger partial charge in [-0.2, -0.15) is 10.5 Å². The van der Waals surface area contributed by atoms with E-state index in [-0.39, 0.29) is 19.0 Å². The van der Waals surface area contributed by atoms with Crippen molar-refractivity contribution >= 4 is 21.8 Å². The van der Waals surface area contributed by atoms with Gasteiger partial charge in [-0.1, -0.05) is 28.1 Å². The molecule has 3 unspecified atom stereocenters. The van der Waals surface area contributed by atoms with Gasteiger partial charge in [-0.3, -0.25) is 0 Å². The highest BCUT2D eigenvalue weighted by Crippen LogP contribution is 2.82. The van der Waals surface area contributed by atoms with Crippen molar-refractivity contribution in [1.29, 1.82) is 10.5 Å². The van der Waals surface area contributed by atoms with E-state index in [2.05, 4.69) is 33.1 Å². The smallest absolute Gasteiger partial charge is 0.293 e. The monoisotopic (exact) mass is 388 g/mol. The second-order valence-corrected chi connectivity index (χ2v) is 6.69. The lowest BCUT2D eigenvalue weighted by Crippen LogP contribution is -2.43. The third-order valence-corrected chi connectivity index (χ3v) is 5.28. The topological polar surface area (TPSA) is 104 Å². The minimum Gasteiger partial charge on any atom is -0.386 e. The summed E-state index contributed by atoms with van der Waals surface area (Å²) in [6.45, 7) is 4.15. The molecule has 3 rings (SSSR count). The molecular formula is C17H17BrN4O2. The van der Waals surface area contributed by atoms with Gasteiger partial charge < -0.3 is 15.2 Å². The number of aliphatic imine (C=N–C) groups is 1. The van der Waals surface area contributed by atoms with Crippen LogP contribution in [-0.4, -0.2) is 25.0 Å². The number of nitriles is 2. The molecule has 1 saturated carbocycles. The Labute approximate surface area is 149 Å². The van der Waals surface area contributed by atoms with Crippen molar-refractivity contribution in [2.24, 2.45) is 21.6 Å². The zero-order valence-corrected chi connectivity index (χ0v) is 15.0. The van der Waals surface area contributed by atoms with Crippen molar-refractivity contribution in [2.75, 3.05) is 13.2 Å². The Morgan fingerprint density at radius 3 is 2.42 bits per heavy atom. The average Bonchev–Trinajstić information content (AvgIpc) is 3.14. The fraction of sp³-hybridized carbons (Fsp3) is 0.471. The van der Waals surface area contributed by atoms with Crippen LogP contribution in [0, 0.1) is 33.5 Å². The van der Waals surface area contributed by atoms with Crippen LogP contribution in [-0.2, 0) is 9.47 Å². The maximum atomic E-state index is 10.1. The van der Waals surface area contributed by atoms with Crippen LogP contribution in [0.2, 0.25) is 0 Å². The Balaban J connectivity index is 2.23. The van der Waals surface area contributed by atoms with Gasteiger partial charge in [0.1, 0.15) is 11.3 Å². The Morgan fingerprint density at radius 2 is 1.92 bits per heavy atom. The molecule has 1 fully saturated rings. The number of rotatable bonds is 5. The van der Waals surface area contributed by atoms with Gasteiger partial charge in [0, 0.05) is 23.6 Å². The first kappa shape index (κ1) is 16.9. The molecule has 6 nitrogen and oxygen atoms in total. The fourth-order valence-electron chi connectivity index (χ4n) is 3.94. The molecule has 7 heteroatoms. The predicted octanol–water partition coefficient (Wildman–Crippen LogP) is 2.66. The molecular weight excluding hydrogens is 372 g/mol. The number of halogens is 1. The molecule has 0 radical (unpaired) electrons. The summed E-state index contributed by atoms with van der Waals surface area (Å²) in [5.41, 5.74) is 4.42. The number of nitrogens with zero attached hydrogens (tertiary/aromatic N) is 3. The lowest BCUT2D eigenvalue weighted by atomic mass is 9.93. The summed E-state index contributed by atoms with van der Waals surface area (Å²) in [4.78, 5) is 4.31. The minimum absolute atomic E-state index is 0.0958. The maximum Gasteiger partial charge on any atom is 0.293 e. The van der Waals surface area contributed by atoms with Gasteiger partial charge in [-0.15, -0.1) is 0 Å². The Morgan fingerprint density at radius 1 is 1.25 bits per heavy atom. The SMILES string of the molecule is CCOC1(OCC)N=C(N)C2(C#N)C(c3cccc(Br)c3)C12C#N. The van der Waals surface area contributed by atoms with Gasteiger partial charge in [0.2, 0.25) is 0 Å². The van der Waals surface area contributed by atoms with Crippen molar-refractivity contribution in [2.45, 2.75) is 25.7 Å². The van der Waals surface area contributed by atoms with Crippen LogP contribution < -0.4 is 5.73 Å². The molecule has 0 bridgehead atoms. The first-order valence-electron chi connectivity index (χ1n) is 7.71. The normalized spacial score (nSPS) is 32.4. The maximum absolute atomic E-state index is 10.1. The summed E-state index contributed by atoms with van der Waals surface area (Å²) in [6, 6.07) is 12.0. The Kier molecular flexibility index (Phi) is 3.92. The first-order valence-corrected chi connectivity index (χ1v) is 8.50. The predicted molar refractivity (Wildman–Crippen MR) is 90.6 cm³/mol. The van der Waals surface area contributed by atoms with Crippen LogP contribution in [0.5, 0.6) is 0 Å². The number of fused-ring (bicyclic) bond motifs is 1. The quantitative estimate of drug-likeness (QED) is 0.780. The number of benzene rings is 1. The lowest BCUT2D eigenvalue weighted by Gasteiger charge is -2.31. The largest absolute Gasteiger partial charge is 0.386 e. The van der Waals surface area contributed by atoms with E-state index < -0.39 is 22.7 Å². The highest BCUT2D eigenvalue weighted by molar-refractivity contribution is 9.10. The molecule has 2 aliphatic rings. The zero-order valence-electron chi connectivity index (χ0n) is 13.4. The number of amidine groups is 1. The van der Waals surface area contributed by atoms with Gasteiger partial charge in [0.05, 0.1) is 12.1 Å². The molecule has 24 heavy (non-hydrogen) atoms. The number of ether oxygens (including phenoxy) is 2. The van der Waals surface area contributed by atoms with Crippen molar-refractivity contribution in [3.05, 3.63) is 34.3 Å². The number of hydrogen-bond acceptors (Lipinski definition) is 6. The summed E-state index contributed by atoms with van der Waals surface area (Å²) in [5, 5.41) is 20.0. The van der Waals surface area contributed by atoms with Crippen molar-refractivity contribution in [3.63, 3.8) is 0 Å². The van der Waals surface area contributed by atoms with E-state index in [1.807, 2.05) is 24.3 Å². The van der Waals surface area contributed by atoms with Crippen LogP contribution in [0.4, 0.5) is 0 Å². The van der Waals surface area contributed by atoms with Crippen LogP contribution >= 0.6 is 15.9 Å². The molecule has 0 saturated heterocycles. The van der Waals surface area contributed by atoms with Crippen LogP contribution in [0.1, 0.15) is 25.3 Å². The zero-order chi connectivity index (χ0) is 17.6. The van der Waals surface area contributed by atoms with E-state index in [0.717, 1.165) is 10.0 Å². The number of nitrogens with two attached hydrogens (primary N) is 1. The third-order valence-electron chi connectivity index (χ3n) is 4.79. The minimum atomic E-state index is -1.56. The molecule has 1 aromatic rings. The summed E-state index contributed by atoms with van der Waals surface area (Å²) >= 11 is 3.43.